The van der Waals surface area contributed by atoms with Crippen LogP contribution in [0, 0.1) is 13.8 Å². The number of aryl methyl sites for hydroxylation is 1. The molecule has 1 aromatic heterocycles. The van der Waals surface area contributed by atoms with Gasteiger partial charge in [-0.1, -0.05) is 30.3 Å². The minimum absolute atomic E-state index is 0.0339. The van der Waals surface area contributed by atoms with E-state index in [1.165, 1.54) is 16.2 Å². The van der Waals surface area contributed by atoms with Gasteiger partial charge in [0.2, 0.25) is 0 Å². The Kier molecular flexibility index (Phi) is 5.89. The second-order valence-corrected chi connectivity index (χ2v) is 9.08. The summed E-state index contributed by atoms with van der Waals surface area (Å²) in [5.74, 6) is -0.963. The fourth-order valence-electron chi connectivity index (χ4n) is 3.94. The molecular weight excluding hydrogens is 422 g/mol. The van der Waals surface area contributed by atoms with Crippen molar-refractivity contribution in [1.29, 1.82) is 0 Å². The molecule has 4 rings (SSSR count). The number of rotatable bonds is 5. The largest absolute Gasteiger partial charge is 0.507 e. The van der Waals surface area contributed by atoms with Gasteiger partial charge in [-0.25, -0.2) is 0 Å². The molecule has 1 aliphatic heterocycles. The molecule has 32 heavy (non-hydrogen) atoms. The lowest BCUT2D eigenvalue weighted by Gasteiger charge is -2.26. The van der Waals surface area contributed by atoms with Crippen LogP contribution in [0.3, 0.4) is 0 Å². The molecule has 1 aliphatic rings. The van der Waals surface area contributed by atoms with Crippen LogP contribution in [0.2, 0.25) is 0 Å². The van der Waals surface area contributed by atoms with E-state index in [0.29, 0.717) is 17.0 Å². The lowest BCUT2D eigenvalue weighted by molar-refractivity contribution is -0.132. The number of benzene rings is 2. The molecular formula is C26H25NO4S. The van der Waals surface area contributed by atoms with E-state index in [9.17, 15) is 14.7 Å². The topological polar surface area (TPSA) is 66.8 Å². The highest BCUT2D eigenvalue weighted by molar-refractivity contribution is 7.10. The summed E-state index contributed by atoms with van der Waals surface area (Å²) in [6.45, 7) is 7.73. The number of amides is 1. The van der Waals surface area contributed by atoms with Gasteiger partial charge in [0.15, 0.2) is 0 Å². The van der Waals surface area contributed by atoms with Crippen molar-refractivity contribution in [3.05, 3.63) is 87.1 Å². The molecule has 0 aliphatic carbocycles. The first-order valence-corrected chi connectivity index (χ1v) is 11.3. The van der Waals surface area contributed by atoms with Gasteiger partial charge in [0.05, 0.1) is 11.7 Å². The SMILES string of the molecule is Cc1cccc(N2C(=O)C(=O)/C(=C(\O)c3cccc(OC(C)C)c3)C2c2cccs2)c1C. The fraction of sp³-hybridized carbons (Fsp3) is 0.231. The van der Waals surface area contributed by atoms with Gasteiger partial charge in [0.1, 0.15) is 17.6 Å². The molecule has 6 heteroatoms. The van der Waals surface area contributed by atoms with E-state index in [2.05, 4.69) is 0 Å². The number of hydrogen-bond donors (Lipinski definition) is 1. The second kappa shape index (κ2) is 8.63. The Balaban J connectivity index is 1.90. The third kappa shape index (κ3) is 3.82. The van der Waals surface area contributed by atoms with Crippen LogP contribution in [-0.4, -0.2) is 22.9 Å². The predicted octanol–water partition coefficient (Wildman–Crippen LogP) is 5.78. The van der Waals surface area contributed by atoms with E-state index in [0.717, 1.165) is 16.0 Å². The minimum Gasteiger partial charge on any atom is -0.507 e. The lowest BCUT2D eigenvalue weighted by atomic mass is 9.99. The Morgan fingerprint density at radius 3 is 2.50 bits per heavy atom. The van der Waals surface area contributed by atoms with Crippen LogP contribution in [0.5, 0.6) is 5.75 Å². The van der Waals surface area contributed by atoms with Gasteiger partial charge in [-0.15, -0.1) is 11.3 Å². The second-order valence-electron chi connectivity index (χ2n) is 8.10. The highest BCUT2D eigenvalue weighted by atomic mass is 32.1. The number of anilines is 1. The first-order chi connectivity index (χ1) is 15.3. The summed E-state index contributed by atoms with van der Waals surface area (Å²) < 4.78 is 5.74. The first kappa shape index (κ1) is 21.8. The number of hydrogen-bond acceptors (Lipinski definition) is 5. The van der Waals surface area contributed by atoms with Crippen molar-refractivity contribution >= 4 is 34.5 Å². The number of ketones is 1. The molecule has 1 fully saturated rings. The summed E-state index contributed by atoms with van der Waals surface area (Å²) >= 11 is 1.44. The Bertz CT molecular complexity index is 1210. The van der Waals surface area contributed by atoms with E-state index < -0.39 is 17.7 Å². The van der Waals surface area contributed by atoms with Crippen molar-refractivity contribution in [3.8, 4) is 5.75 Å². The standard InChI is InChI=1S/C26H25NO4S/c1-15(2)31-19-10-6-9-18(14-19)24(28)22-23(21-12-7-13-32-21)27(26(30)25(22)29)20-11-5-8-16(3)17(20)4/h5-15,23,28H,1-4H3/b24-22-. The molecule has 2 aromatic carbocycles. The summed E-state index contributed by atoms with van der Waals surface area (Å²) in [4.78, 5) is 28.8. The van der Waals surface area contributed by atoms with Crippen molar-refractivity contribution in [2.24, 2.45) is 0 Å². The number of ether oxygens (including phenoxy) is 1. The average molecular weight is 448 g/mol. The van der Waals surface area contributed by atoms with Gasteiger partial charge in [-0.3, -0.25) is 14.5 Å². The van der Waals surface area contributed by atoms with Crippen molar-refractivity contribution < 1.29 is 19.4 Å². The maximum atomic E-state index is 13.2. The quantitative estimate of drug-likeness (QED) is 0.306. The summed E-state index contributed by atoms with van der Waals surface area (Å²) in [6.07, 6.45) is -0.0339. The molecule has 5 nitrogen and oxygen atoms in total. The van der Waals surface area contributed by atoms with Crippen molar-refractivity contribution in [1.82, 2.24) is 0 Å². The lowest BCUT2D eigenvalue weighted by Crippen LogP contribution is -2.29. The van der Waals surface area contributed by atoms with Crippen LogP contribution in [0.4, 0.5) is 5.69 Å². The summed E-state index contributed by atoms with van der Waals surface area (Å²) in [5.41, 5.74) is 3.13. The zero-order chi connectivity index (χ0) is 23.0. The van der Waals surface area contributed by atoms with Gasteiger partial charge in [-0.05, 0) is 68.5 Å². The van der Waals surface area contributed by atoms with Gasteiger partial charge >= 0.3 is 0 Å². The Hall–Kier alpha value is -3.38. The smallest absolute Gasteiger partial charge is 0.300 e. The molecule has 1 N–H and O–H groups in total. The van der Waals surface area contributed by atoms with Crippen molar-refractivity contribution in [3.63, 3.8) is 0 Å². The van der Waals surface area contributed by atoms with Gasteiger partial charge in [-0.2, -0.15) is 0 Å². The van der Waals surface area contributed by atoms with Crippen LogP contribution in [0.15, 0.2) is 65.6 Å². The minimum atomic E-state index is -0.704. The Morgan fingerprint density at radius 2 is 1.81 bits per heavy atom. The predicted molar refractivity (Wildman–Crippen MR) is 127 cm³/mol. The van der Waals surface area contributed by atoms with E-state index in [1.807, 2.05) is 63.4 Å². The molecule has 0 bridgehead atoms. The summed E-state index contributed by atoms with van der Waals surface area (Å²) in [5, 5.41) is 13.2. The molecule has 164 valence electrons. The number of aliphatic hydroxyl groups is 1. The number of nitrogens with zero attached hydrogens (tertiary/aromatic N) is 1. The zero-order valence-electron chi connectivity index (χ0n) is 18.5. The maximum Gasteiger partial charge on any atom is 0.300 e. The fourth-order valence-corrected chi connectivity index (χ4v) is 4.76. The third-order valence-corrected chi connectivity index (χ3v) is 6.50. The third-order valence-electron chi connectivity index (χ3n) is 5.57. The Morgan fingerprint density at radius 1 is 1.06 bits per heavy atom. The van der Waals surface area contributed by atoms with Crippen molar-refractivity contribution in [2.75, 3.05) is 4.90 Å². The molecule has 2 heterocycles. The number of carbonyl (C=O) groups is 2. The number of aliphatic hydroxyl groups excluding tert-OH is 1. The Labute approximate surface area is 191 Å². The van der Waals surface area contributed by atoms with Crippen LogP contribution in [-0.2, 0) is 9.59 Å². The first-order valence-electron chi connectivity index (χ1n) is 10.5. The van der Waals surface area contributed by atoms with E-state index >= 15 is 0 Å². The van der Waals surface area contributed by atoms with Crippen molar-refractivity contribution in [2.45, 2.75) is 39.8 Å². The van der Waals surface area contributed by atoms with Crippen LogP contribution >= 0.6 is 11.3 Å². The average Bonchev–Trinajstić information content (AvgIpc) is 3.37. The molecule has 1 amide bonds. The van der Waals surface area contributed by atoms with E-state index in [-0.39, 0.29) is 17.4 Å². The van der Waals surface area contributed by atoms with Gasteiger partial charge in [0.25, 0.3) is 11.7 Å². The monoisotopic (exact) mass is 447 g/mol. The van der Waals surface area contributed by atoms with E-state index in [1.54, 1.807) is 24.3 Å². The summed E-state index contributed by atoms with van der Waals surface area (Å²) in [7, 11) is 0. The number of thiophene rings is 1. The zero-order valence-corrected chi connectivity index (χ0v) is 19.3. The summed E-state index contributed by atoms with van der Waals surface area (Å²) in [6, 6.07) is 15.7. The molecule has 0 saturated carbocycles. The molecule has 1 saturated heterocycles. The number of carbonyl (C=O) groups excluding carboxylic acids is 2. The molecule has 3 aromatic rings. The highest BCUT2D eigenvalue weighted by Gasteiger charge is 2.47. The van der Waals surface area contributed by atoms with Crippen LogP contribution < -0.4 is 9.64 Å². The van der Waals surface area contributed by atoms with Gasteiger partial charge < -0.3 is 9.84 Å². The highest BCUT2D eigenvalue weighted by Crippen LogP contribution is 2.44. The van der Waals surface area contributed by atoms with Gasteiger partial charge in [0, 0.05) is 16.1 Å². The molecule has 1 atom stereocenters. The van der Waals surface area contributed by atoms with Crippen LogP contribution in [0.1, 0.15) is 41.5 Å². The normalized spacial score (nSPS) is 17.9. The number of Topliss-reactive ketones (excluding diaryl/α,β-unsaturated/α-hetero) is 1. The van der Waals surface area contributed by atoms with E-state index in [4.69, 9.17) is 4.74 Å². The van der Waals surface area contributed by atoms with Crippen LogP contribution in [0.25, 0.3) is 5.76 Å². The molecule has 0 spiro atoms. The maximum absolute atomic E-state index is 13.2. The molecule has 0 radical (unpaired) electrons. The molecule has 1 unspecified atom stereocenters.